The molecule has 0 aliphatic heterocycles. The molecule has 0 fully saturated rings. The highest BCUT2D eigenvalue weighted by atomic mass is 35.5. The van der Waals surface area contributed by atoms with Gasteiger partial charge in [-0.15, -0.1) is 0 Å². The van der Waals surface area contributed by atoms with Crippen molar-refractivity contribution in [3.63, 3.8) is 0 Å². The van der Waals surface area contributed by atoms with E-state index in [1.54, 1.807) is 31.9 Å². The predicted octanol–water partition coefficient (Wildman–Crippen LogP) is 4.55. The maximum atomic E-state index is 9.51. The van der Waals surface area contributed by atoms with Crippen LogP contribution in [0.15, 0.2) is 52.3 Å². The Morgan fingerprint density at radius 1 is 1.16 bits per heavy atom. The molecule has 0 aromatic heterocycles. The molecule has 2 aromatic carbocycles. The van der Waals surface area contributed by atoms with Crippen LogP contribution in [0.2, 0.25) is 5.02 Å². The molecule has 0 spiro atoms. The SMILES string of the molecule is COc1ccc(Sc2ccc(C(C)O)cc2Cl)cc1. The van der Waals surface area contributed by atoms with Crippen LogP contribution in [-0.4, -0.2) is 12.2 Å². The Balaban J connectivity index is 2.18. The second kappa shape index (κ2) is 6.33. The van der Waals surface area contributed by atoms with Crippen LogP contribution in [0.3, 0.4) is 0 Å². The molecule has 0 heterocycles. The number of hydrogen-bond acceptors (Lipinski definition) is 3. The molecule has 0 aliphatic carbocycles. The number of methoxy groups -OCH3 is 1. The third-order valence-electron chi connectivity index (χ3n) is 2.73. The van der Waals surface area contributed by atoms with Gasteiger partial charge in [-0.2, -0.15) is 0 Å². The van der Waals surface area contributed by atoms with Gasteiger partial charge in [-0.25, -0.2) is 0 Å². The van der Waals surface area contributed by atoms with Crippen molar-refractivity contribution >= 4 is 23.4 Å². The maximum absolute atomic E-state index is 9.51. The Kier molecular flexibility index (Phi) is 4.75. The molecule has 0 bridgehead atoms. The zero-order valence-corrected chi connectivity index (χ0v) is 12.3. The van der Waals surface area contributed by atoms with E-state index in [1.165, 1.54) is 0 Å². The van der Waals surface area contributed by atoms with Gasteiger partial charge >= 0.3 is 0 Å². The second-order valence-electron chi connectivity index (χ2n) is 4.14. The van der Waals surface area contributed by atoms with Gasteiger partial charge in [0.15, 0.2) is 0 Å². The highest BCUT2D eigenvalue weighted by molar-refractivity contribution is 7.99. The molecule has 2 nitrogen and oxygen atoms in total. The highest BCUT2D eigenvalue weighted by Crippen LogP contribution is 2.35. The quantitative estimate of drug-likeness (QED) is 0.897. The molecule has 1 unspecified atom stereocenters. The Bertz CT molecular complexity index is 553. The first-order valence-corrected chi connectivity index (χ1v) is 7.09. The predicted molar refractivity (Wildman–Crippen MR) is 79.2 cm³/mol. The van der Waals surface area contributed by atoms with Crippen LogP contribution in [-0.2, 0) is 0 Å². The standard InChI is InChI=1S/C15H15ClO2S/c1-10(17)11-3-8-15(14(16)9-11)19-13-6-4-12(18-2)5-7-13/h3-10,17H,1-2H3. The number of benzene rings is 2. The minimum Gasteiger partial charge on any atom is -0.497 e. The molecular formula is C15H15ClO2S. The number of halogens is 1. The summed E-state index contributed by atoms with van der Waals surface area (Å²) >= 11 is 7.81. The van der Waals surface area contributed by atoms with Gasteiger partial charge < -0.3 is 9.84 Å². The van der Waals surface area contributed by atoms with E-state index >= 15 is 0 Å². The summed E-state index contributed by atoms with van der Waals surface area (Å²) < 4.78 is 5.12. The molecule has 0 saturated heterocycles. The van der Waals surface area contributed by atoms with Gasteiger partial charge in [0.05, 0.1) is 18.2 Å². The van der Waals surface area contributed by atoms with Crippen molar-refractivity contribution in [1.29, 1.82) is 0 Å². The van der Waals surface area contributed by atoms with Crippen LogP contribution in [0.5, 0.6) is 5.75 Å². The fourth-order valence-corrected chi connectivity index (χ4v) is 2.75. The number of ether oxygens (including phenoxy) is 1. The first kappa shape index (κ1) is 14.3. The summed E-state index contributed by atoms with van der Waals surface area (Å²) in [5.74, 6) is 0.833. The monoisotopic (exact) mass is 294 g/mol. The summed E-state index contributed by atoms with van der Waals surface area (Å²) in [4.78, 5) is 2.06. The van der Waals surface area contributed by atoms with Crippen LogP contribution in [0.4, 0.5) is 0 Å². The second-order valence-corrected chi connectivity index (χ2v) is 5.67. The van der Waals surface area contributed by atoms with E-state index in [2.05, 4.69) is 0 Å². The van der Waals surface area contributed by atoms with Crippen molar-refractivity contribution in [1.82, 2.24) is 0 Å². The molecule has 1 atom stereocenters. The molecule has 100 valence electrons. The zero-order chi connectivity index (χ0) is 13.8. The lowest BCUT2D eigenvalue weighted by Gasteiger charge is -2.09. The van der Waals surface area contributed by atoms with Gasteiger partial charge in [-0.3, -0.25) is 0 Å². The van der Waals surface area contributed by atoms with Gasteiger partial charge in [-0.1, -0.05) is 29.4 Å². The first-order chi connectivity index (χ1) is 9.10. The van der Waals surface area contributed by atoms with Crippen LogP contribution in [0, 0.1) is 0 Å². The summed E-state index contributed by atoms with van der Waals surface area (Å²) in [6.07, 6.45) is -0.502. The van der Waals surface area contributed by atoms with E-state index in [0.717, 1.165) is 21.1 Å². The molecule has 0 radical (unpaired) electrons. The van der Waals surface area contributed by atoms with Gasteiger partial charge in [0.25, 0.3) is 0 Å². The first-order valence-electron chi connectivity index (χ1n) is 5.89. The van der Waals surface area contributed by atoms with Crippen molar-refractivity contribution < 1.29 is 9.84 Å². The number of hydrogen-bond donors (Lipinski definition) is 1. The normalized spacial score (nSPS) is 12.2. The fraction of sp³-hybridized carbons (Fsp3) is 0.200. The Morgan fingerprint density at radius 3 is 2.37 bits per heavy atom. The summed E-state index contributed by atoms with van der Waals surface area (Å²) in [5, 5.41) is 10.2. The summed E-state index contributed by atoms with van der Waals surface area (Å²) in [7, 11) is 1.65. The maximum Gasteiger partial charge on any atom is 0.118 e. The van der Waals surface area contributed by atoms with E-state index in [9.17, 15) is 5.11 Å². The van der Waals surface area contributed by atoms with Gasteiger partial charge in [0, 0.05) is 9.79 Å². The van der Waals surface area contributed by atoms with Crippen molar-refractivity contribution in [2.75, 3.05) is 7.11 Å². The summed E-state index contributed by atoms with van der Waals surface area (Å²) in [6.45, 7) is 1.72. The molecule has 2 rings (SSSR count). The Morgan fingerprint density at radius 2 is 1.84 bits per heavy atom. The Hall–Kier alpha value is -1.16. The third kappa shape index (κ3) is 3.66. The van der Waals surface area contributed by atoms with Crippen molar-refractivity contribution in [3.05, 3.63) is 53.1 Å². The van der Waals surface area contributed by atoms with Gasteiger partial charge in [0.1, 0.15) is 5.75 Å². The lowest BCUT2D eigenvalue weighted by Crippen LogP contribution is -1.90. The molecule has 0 amide bonds. The summed E-state index contributed by atoms with van der Waals surface area (Å²) in [5.41, 5.74) is 0.823. The van der Waals surface area contributed by atoms with Crippen LogP contribution >= 0.6 is 23.4 Å². The van der Waals surface area contributed by atoms with E-state index in [0.29, 0.717) is 5.02 Å². The highest BCUT2D eigenvalue weighted by Gasteiger charge is 2.07. The lowest BCUT2D eigenvalue weighted by atomic mass is 10.1. The number of aliphatic hydroxyl groups is 1. The fourth-order valence-electron chi connectivity index (χ4n) is 1.63. The van der Waals surface area contributed by atoms with Crippen molar-refractivity contribution in [2.24, 2.45) is 0 Å². The van der Waals surface area contributed by atoms with Gasteiger partial charge in [0.2, 0.25) is 0 Å². The molecule has 4 heteroatoms. The van der Waals surface area contributed by atoms with E-state index < -0.39 is 6.10 Å². The van der Waals surface area contributed by atoms with Crippen molar-refractivity contribution in [2.45, 2.75) is 22.8 Å². The molecule has 0 aliphatic rings. The zero-order valence-electron chi connectivity index (χ0n) is 10.8. The molecule has 19 heavy (non-hydrogen) atoms. The van der Waals surface area contributed by atoms with Gasteiger partial charge in [-0.05, 0) is 48.9 Å². The van der Waals surface area contributed by atoms with E-state index in [1.807, 2.05) is 36.4 Å². The molecule has 1 N–H and O–H groups in total. The number of aliphatic hydroxyl groups excluding tert-OH is 1. The average Bonchev–Trinajstić information content (AvgIpc) is 2.41. The minimum absolute atomic E-state index is 0.502. The number of rotatable bonds is 4. The molecule has 0 saturated carbocycles. The minimum atomic E-state index is -0.502. The largest absolute Gasteiger partial charge is 0.497 e. The lowest BCUT2D eigenvalue weighted by molar-refractivity contribution is 0.199. The molecular weight excluding hydrogens is 280 g/mol. The van der Waals surface area contributed by atoms with E-state index in [-0.39, 0.29) is 0 Å². The van der Waals surface area contributed by atoms with Crippen LogP contribution in [0.25, 0.3) is 0 Å². The topological polar surface area (TPSA) is 29.5 Å². The van der Waals surface area contributed by atoms with E-state index in [4.69, 9.17) is 16.3 Å². The average molecular weight is 295 g/mol. The van der Waals surface area contributed by atoms with Crippen molar-refractivity contribution in [3.8, 4) is 5.75 Å². The van der Waals surface area contributed by atoms with Crippen LogP contribution in [0.1, 0.15) is 18.6 Å². The third-order valence-corrected chi connectivity index (χ3v) is 4.23. The van der Waals surface area contributed by atoms with Crippen LogP contribution < -0.4 is 4.74 Å². The molecule has 2 aromatic rings. The smallest absolute Gasteiger partial charge is 0.118 e. The Labute approximate surface area is 122 Å². The summed E-state index contributed by atoms with van der Waals surface area (Å²) in [6, 6.07) is 13.4.